The molecule has 0 saturated heterocycles. The Morgan fingerprint density at radius 2 is 1.52 bits per heavy atom. The summed E-state index contributed by atoms with van der Waals surface area (Å²) < 4.78 is 0. The first kappa shape index (κ1) is 19.5. The number of para-hydroxylation sites is 1. The molecule has 148 valence electrons. The van der Waals surface area contributed by atoms with Crippen LogP contribution in [0.3, 0.4) is 0 Å². The smallest absolute Gasteiger partial charge is 0.308 e. The molecule has 0 spiro atoms. The Labute approximate surface area is 177 Å². The van der Waals surface area contributed by atoms with Crippen LogP contribution in [0, 0.1) is 0 Å². The SMILES string of the molecule is CC1(C)C[C@@](C)(c2ccccc2)c2ccccc2N1C(=O)Nc1ccc(Cl)cc1. The Balaban J connectivity index is 1.78. The number of carbonyl (C=O) groups excluding carboxylic acids is 1. The Morgan fingerprint density at radius 1 is 0.897 bits per heavy atom. The minimum atomic E-state index is -0.380. The molecule has 3 aromatic carbocycles. The van der Waals surface area contributed by atoms with Crippen LogP contribution in [0.15, 0.2) is 78.9 Å². The van der Waals surface area contributed by atoms with Crippen molar-refractivity contribution in [3.8, 4) is 0 Å². The van der Waals surface area contributed by atoms with Gasteiger partial charge in [0, 0.05) is 21.7 Å². The van der Waals surface area contributed by atoms with E-state index in [4.69, 9.17) is 11.6 Å². The Kier molecular flexibility index (Phi) is 4.87. The first-order valence-corrected chi connectivity index (χ1v) is 10.2. The Morgan fingerprint density at radius 3 is 2.21 bits per heavy atom. The molecule has 0 aromatic heterocycles. The highest BCUT2D eigenvalue weighted by atomic mass is 35.5. The summed E-state index contributed by atoms with van der Waals surface area (Å²) in [6.45, 7) is 6.54. The van der Waals surface area contributed by atoms with Crippen molar-refractivity contribution in [2.75, 3.05) is 10.2 Å². The van der Waals surface area contributed by atoms with Crippen LogP contribution < -0.4 is 10.2 Å². The molecular formula is C25H25ClN2O. The highest BCUT2D eigenvalue weighted by Crippen LogP contribution is 2.50. The van der Waals surface area contributed by atoms with Crippen LogP contribution in [0.25, 0.3) is 0 Å². The number of rotatable bonds is 2. The van der Waals surface area contributed by atoms with Crippen molar-refractivity contribution in [3.63, 3.8) is 0 Å². The van der Waals surface area contributed by atoms with E-state index in [1.54, 1.807) is 12.1 Å². The van der Waals surface area contributed by atoms with Crippen molar-refractivity contribution in [3.05, 3.63) is 95.0 Å². The maximum absolute atomic E-state index is 13.4. The lowest BCUT2D eigenvalue weighted by Gasteiger charge is -2.51. The number of nitrogens with zero attached hydrogens (tertiary/aromatic N) is 1. The molecule has 3 nitrogen and oxygen atoms in total. The highest BCUT2D eigenvalue weighted by Gasteiger charge is 2.47. The van der Waals surface area contributed by atoms with Gasteiger partial charge in [0.2, 0.25) is 0 Å². The fourth-order valence-electron chi connectivity index (χ4n) is 4.66. The molecule has 1 atom stereocenters. The summed E-state index contributed by atoms with van der Waals surface area (Å²) in [6.07, 6.45) is 0.815. The number of nitrogens with one attached hydrogen (secondary N) is 1. The lowest BCUT2D eigenvalue weighted by atomic mass is 9.65. The molecule has 0 fully saturated rings. The summed E-state index contributed by atoms with van der Waals surface area (Å²) in [4.78, 5) is 15.3. The van der Waals surface area contributed by atoms with Gasteiger partial charge in [0.15, 0.2) is 0 Å². The summed E-state index contributed by atoms with van der Waals surface area (Å²) in [5, 5.41) is 3.67. The van der Waals surface area contributed by atoms with Crippen molar-refractivity contribution < 1.29 is 4.79 Å². The number of urea groups is 1. The van der Waals surface area contributed by atoms with Crippen LogP contribution in [0.2, 0.25) is 5.02 Å². The number of carbonyl (C=O) groups is 1. The van der Waals surface area contributed by atoms with Gasteiger partial charge in [-0.05, 0) is 61.7 Å². The zero-order valence-electron chi connectivity index (χ0n) is 16.9. The molecule has 1 aliphatic rings. The van der Waals surface area contributed by atoms with Crippen LogP contribution in [-0.2, 0) is 5.41 Å². The average molecular weight is 405 g/mol. The van der Waals surface area contributed by atoms with Crippen molar-refractivity contribution in [2.45, 2.75) is 38.1 Å². The van der Waals surface area contributed by atoms with Gasteiger partial charge in [-0.1, -0.05) is 67.1 Å². The minimum Gasteiger partial charge on any atom is -0.308 e. The van der Waals surface area contributed by atoms with Gasteiger partial charge in [0.1, 0.15) is 0 Å². The van der Waals surface area contributed by atoms with E-state index in [1.165, 1.54) is 5.56 Å². The van der Waals surface area contributed by atoms with Crippen LogP contribution in [0.4, 0.5) is 16.2 Å². The molecule has 29 heavy (non-hydrogen) atoms. The Hall–Kier alpha value is -2.78. The third-order valence-electron chi connectivity index (χ3n) is 5.84. The molecule has 0 aliphatic carbocycles. The van der Waals surface area contributed by atoms with Gasteiger partial charge in [-0.25, -0.2) is 4.79 Å². The van der Waals surface area contributed by atoms with E-state index >= 15 is 0 Å². The van der Waals surface area contributed by atoms with Crippen molar-refractivity contribution in [1.82, 2.24) is 0 Å². The van der Waals surface area contributed by atoms with E-state index < -0.39 is 0 Å². The highest BCUT2D eigenvalue weighted by molar-refractivity contribution is 6.30. The van der Waals surface area contributed by atoms with Crippen LogP contribution >= 0.6 is 11.6 Å². The maximum Gasteiger partial charge on any atom is 0.326 e. The van der Waals surface area contributed by atoms with E-state index in [0.717, 1.165) is 23.4 Å². The molecule has 4 heteroatoms. The van der Waals surface area contributed by atoms with Crippen LogP contribution in [-0.4, -0.2) is 11.6 Å². The standard InChI is InChI=1S/C25H25ClN2O/c1-24(2)17-25(3,18-9-5-4-6-10-18)21-11-7-8-12-22(21)28(24)23(29)27-20-15-13-19(26)14-16-20/h4-16H,17H2,1-3H3,(H,27,29)/t25-/m0/s1. The summed E-state index contributed by atoms with van der Waals surface area (Å²) in [5.74, 6) is 0. The fourth-order valence-corrected chi connectivity index (χ4v) is 4.79. The van der Waals surface area contributed by atoms with E-state index in [2.05, 4.69) is 56.4 Å². The quantitative estimate of drug-likeness (QED) is 0.496. The maximum atomic E-state index is 13.4. The summed E-state index contributed by atoms with van der Waals surface area (Å²) in [5.41, 5.74) is 3.54. The minimum absolute atomic E-state index is 0.139. The predicted molar refractivity (Wildman–Crippen MR) is 121 cm³/mol. The van der Waals surface area contributed by atoms with E-state index in [9.17, 15) is 4.79 Å². The van der Waals surface area contributed by atoms with Gasteiger partial charge < -0.3 is 5.32 Å². The summed E-state index contributed by atoms with van der Waals surface area (Å²) >= 11 is 5.98. The monoisotopic (exact) mass is 404 g/mol. The molecule has 1 aliphatic heterocycles. The van der Waals surface area contributed by atoms with E-state index in [1.807, 2.05) is 41.3 Å². The second kappa shape index (κ2) is 7.23. The fraction of sp³-hybridized carbons (Fsp3) is 0.240. The summed E-state index contributed by atoms with van der Waals surface area (Å²) in [7, 11) is 0. The zero-order chi connectivity index (χ0) is 20.6. The van der Waals surface area contributed by atoms with Crippen molar-refractivity contribution in [2.24, 2.45) is 0 Å². The lowest BCUT2D eigenvalue weighted by Crippen LogP contribution is -2.57. The van der Waals surface area contributed by atoms with Crippen LogP contribution in [0.1, 0.15) is 38.3 Å². The second-order valence-electron chi connectivity index (χ2n) is 8.48. The topological polar surface area (TPSA) is 32.3 Å². The number of hydrogen-bond acceptors (Lipinski definition) is 1. The van der Waals surface area contributed by atoms with Gasteiger partial charge in [-0.2, -0.15) is 0 Å². The molecule has 0 bridgehead atoms. The number of hydrogen-bond donors (Lipinski definition) is 1. The Bertz CT molecular complexity index is 1030. The number of anilines is 2. The lowest BCUT2D eigenvalue weighted by molar-refractivity contribution is 0.243. The number of fused-ring (bicyclic) bond motifs is 1. The predicted octanol–water partition coefficient (Wildman–Crippen LogP) is 6.87. The first-order chi connectivity index (χ1) is 13.8. The van der Waals surface area contributed by atoms with Crippen molar-refractivity contribution in [1.29, 1.82) is 0 Å². The molecule has 0 radical (unpaired) electrons. The van der Waals surface area contributed by atoms with Gasteiger partial charge in [0.05, 0.1) is 5.69 Å². The van der Waals surface area contributed by atoms with E-state index in [0.29, 0.717) is 5.02 Å². The van der Waals surface area contributed by atoms with Crippen LogP contribution in [0.5, 0.6) is 0 Å². The number of benzene rings is 3. The molecule has 1 N–H and O–H groups in total. The van der Waals surface area contributed by atoms with Gasteiger partial charge in [-0.15, -0.1) is 0 Å². The molecule has 1 heterocycles. The van der Waals surface area contributed by atoms with Gasteiger partial charge in [-0.3, -0.25) is 4.90 Å². The largest absolute Gasteiger partial charge is 0.326 e. The molecule has 4 rings (SSSR count). The third-order valence-corrected chi connectivity index (χ3v) is 6.09. The first-order valence-electron chi connectivity index (χ1n) is 9.83. The molecule has 2 amide bonds. The number of amides is 2. The molecule has 0 saturated carbocycles. The molecular weight excluding hydrogens is 380 g/mol. The number of halogens is 1. The average Bonchev–Trinajstić information content (AvgIpc) is 2.70. The third kappa shape index (κ3) is 3.51. The zero-order valence-corrected chi connectivity index (χ0v) is 17.7. The molecule has 0 unspecified atom stereocenters. The van der Waals surface area contributed by atoms with Crippen molar-refractivity contribution >= 4 is 29.0 Å². The van der Waals surface area contributed by atoms with Gasteiger partial charge in [0.25, 0.3) is 0 Å². The summed E-state index contributed by atoms with van der Waals surface area (Å²) in [6, 6.07) is 25.8. The second-order valence-corrected chi connectivity index (χ2v) is 8.91. The normalized spacial score (nSPS) is 20.1. The van der Waals surface area contributed by atoms with E-state index in [-0.39, 0.29) is 17.0 Å². The molecule has 3 aromatic rings. The van der Waals surface area contributed by atoms with Gasteiger partial charge >= 0.3 is 6.03 Å².